The van der Waals surface area contributed by atoms with Crippen molar-refractivity contribution < 1.29 is 9.59 Å². The van der Waals surface area contributed by atoms with Gasteiger partial charge in [0.1, 0.15) is 0 Å². The first kappa shape index (κ1) is 18.4. The van der Waals surface area contributed by atoms with Crippen LogP contribution in [0.3, 0.4) is 0 Å². The summed E-state index contributed by atoms with van der Waals surface area (Å²) in [5.74, 6) is 0.240. The van der Waals surface area contributed by atoms with Crippen molar-refractivity contribution in [3.63, 3.8) is 0 Å². The van der Waals surface area contributed by atoms with Crippen LogP contribution >= 0.6 is 0 Å². The number of nitrogens with zero attached hydrogens (tertiary/aromatic N) is 3. The van der Waals surface area contributed by atoms with Gasteiger partial charge in [0.2, 0.25) is 11.8 Å². The molecule has 2 N–H and O–H groups in total. The highest BCUT2D eigenvalue weighted by Gasteiger charge is 2.30. The lowest BCUT2D eigenvalue weighted by Gasteiger charge is -2.26. The average Bonchev–Trinajstić information content (AvgIpc) is 3.02. The molecule has 134 valence electrons. The molecule has 1 aromatic rings. The fourth-order valence-corrected chi connectivity index (χ4v) is 3.14. The molecule has 1 aliphatic heterocycles. The minimum Gasteiger partial charge on any atom is -0.356 e. The van der Waals surface area contributed by atoms with E-state index in [0.717, 1.165) is 42.9 Å². The third-order valence-corrected chi connectivity index (χ3v) is 4.66. The Morgan fingerprint density at radius 2 is 2.17 bits per heavy atom. The summed E-state index contributed by atoms with van der Waals surface area (Å²) in [6.07, 6.45) is 2.68. The number of H-pyrrole nitrogens is 1. The van der Waals surface area contributed by atoms with Gasteiger partial charge in [0.25, 0.3) is 0 Å². The summed E-state index contributed by atoms with van der Waals surface area (Å²) in [7, 11) is 4.02. The first-order valence-corrected chi connectivity index (χ1v) is 8.59. The standard InChI is InChI=1S/C17H29N5O2/c1-12-15(13(2)20-19-12)11-16(23)18-8-7-14-5-6-17(24)22(14)10-9-21(3)4/h14H,5-11H2,1-4H3,(H,18,23)(H,19,20)/t14-/m0/s1. The van der Waals surface area contributed by atoms with Crippen LogP contribution in [0.15, 0.2) is 0 Å². The number of carbonyl (C=O) groups excluding carboxylic acids is 2. The zero-order valence-electron chi connectivity index (χ0n) is 15.2. The monoisotopic (exact) mass is 335 g/mol. The van der Waals surface area contributed by atoms with E-state index in [-0.39, 0.29) is 17.9 Å². The van der Waals surface area contributed by atoms with Crippen LogP contribution in [0.2, 0.25) is 0 Å². The molecule has 2 rings (SSSR count). The van der Waals surface area contributed by atoms with Gasteiger partial charge in [0.15, 0.2) is 0 Å². The van der Waals surface area contributed by atoms with Crippen molar-refractivity contribution in [1.29, 1.82) is 0 Å². The molecular weight excluding hydrogens is 306 g/mol. The van der Waals surface area contributed by atoms with Crippen LogP contribution in [0.4, 0.5) is 0 Å². The van der Waals surface area contributed by atoms with Crippen LogP contribution in [0.5, 0.6) is 0 Å². The molecule has 1 atom stereocenters. The number of aromatic amines is 1. The second-order valence-corrected chi connectivity index (χ2v) is 6.81. The Morgan fingerprint density at radius 3 is 2.79 bits per heavy atom. The van der Waals surface area contributed by atoms with Crippen molar-refractivity contribution in [2.75, 3.05) is 33.7 Å². The summed E-state index contributed by atoms with van der Waals surface area (Å²) in [6, 6.07) is 0.246. The summed E-state index contributed by atoms with van der Waals surface area (Å²) < 4.78 is 0. The van der Waals surface area contributed by atoms with Gasteiger partial charge in [-0.15, -0.1) is 0 Å². The first-order valence-electron chi connectivity index (χ1n) is 8.59. The SMILES string of the molecule is Cc1n[nH]c(C)c1CC(=O)NCC[C@@H]1CCC(=O)N1CCN(C)C. The van der Waals surface area contributed by atoms with E-state index < -0.39 is 0 Å². The second kappa shape index (κ2) is 8.28. The molecule has 24 heavy (non-hydrogen) atoms. The number of amides is 2. The van der Waals surface area contributed by atoms with E-state index >= 15 is 0 Å². The summed E-state index contributed by atoms with van der Waals surface area (Å²) in [5.41, 5.74) is 2.79. The smallest absolute Gasteiger partial charge is 0.224 e. The van der Waals surface area contributed by atoms with Crippen LogP contribution in [0, 0.1) is 13.8 Å². The van der Waals surface area contributed by atoms with Crippen molar-refractivity contribution in [1.82, 2.24) is 25.3 Å². The first-order chi connectivity index (χ1) is 11.4. The minimum absolute atomic E-state index is 0.00626. The number of hydrogen-bond donors (Lipinski definition) is 2. The third kappa shape index (κ3) is 4.80. The molecule has 0 aliphatic carbocycles. The molecule has 7 nitrogen and oxygen atoms in total. The Bertz CT molecular complexity index is 562. The summed E-state index contributed by atoms with van der Waals surface area (Å²) >= 11 is 0. The van der Waals surface area contributed by atoms with Crippen molar-refractivity contribution in [2.45, 2.75) is 45.6 Å². The molecule has 1 fully saturated rings. The Morgan fingerprint density at radius 1 is 1.42 bits per heavy atom. The molecular formula is C17H29N5O2. The number of likely N-dealkylation sites (N-methyl/N-ethyl adjacent to an activating group) is 1. The largest absolute Gasteiger partial charge is 0.356 e. The van der Waals surface area contributed by atoms with Crippen LogP contribution < -0.4 is 5.32 Å². The van der Waals surface area contributed by atoms with E-state index in [2.05, 4.69) is 20.4 Å². The molecule has 7 heteroatoms. The van der Waals surface area contributed by atoms with Gasteiger partial charge in [-0.2, -0.15) is 5.10 Å². The van der Waals surface area contributed by atoms with Gasteiger partial charge in [-0.25, -0.2) is 0 Å². The van der Waals surface area contributed by atoms with Crippen LogP contribution in [0.25, 0.3) is 0 Å². The quantitative estimate of drug-likeness (QED) is 0.730. The fourth-order valence-electron chi connectivity index (χ4n) is 3.14. The molecule has 0 radical (unpaired) electrons. The lowest BCUT2D eigenvalue weighted by molar-refractivity contribution is -0.129. The highest BCUT2D eigenvalue weighted by Crippen LogP contribution is 2.20. The minimum atomic E-state index is 0.00626. The number of aryl methyl sites for hydroxylation is 2. The lowest BCUT2D eigenvalue weighted by Crippen LogP contribution is -2.40. The molecule has 0 aromatic carbocycles. The normalized spacial score (nSPS) is 17.8. The number of carbonyl (C=O) groups is 2. The zero-order chi connectivity index (χ0) is 17.7. The van der Waals surface area contributed by atoms with Crippen LogP contribution in [-0.2, 0) is 16.0 Å². The van der Waals surface area contributed by atoms with E-state index in [9.17, 15) is 9.59 Å². The number of aromatic nitrogens is 2. The van der Waals surface area contributed by atoms with Crippen LogP contribution in [0.1, 0.15) is 36.2 Å². The second-order valence-electron chi connectivity index (χ2n) is 6.81. The number of likely N-dealkylation sites (tertiary alicyclic amines) is 1. The van der Waals surface area contributed by atoms with E-state index in [1.807, 2.05) is 32.8 Å². The van der Waals surface area contributed by atoms with Gasteiger partial charge in [-0.05, 0) is 40.8 Å². The molecule has 0 bridgehead atoms. The van der Waals surface area contributed by atoms with E-state index in [4.69, 9.17) is 0 Å². The summed E-state index contributed by atoms with van der Waals surface area (Å²) in [5, 5.41) is 9.98. The van der Waals surface area contributed by atoms with Crippen LogP contribution in [-0.4, -0.2) is 71.6 Å². The maximum atomic E-state index is 12.1. The molecule has 0 saturated carbocycles. The highest BCUT2D eigenvalue weighted by atomic mass is 16.2. The van der Waals surface area contributed by atoms with Crippen molar-refractivity contribution in [3.05, 3.63) is 17.0 Å². The Hall–Kier alpha value is -1.89. The van der Waals surface area contributed by atoms with E-state index in [1.165, 1.54) is 0 Å². The molecule has 2 amide bonds. The summed E-state index contributed by atoms with van der Waals surface area (Å²) in [4.78, 5) is 28.2. The molecule has 0 unspecified atom stereocenters. The molecule has 1 aromatic heterocycles. The highest BCUT2D eigenvalue weighted by molar-refractivity contribution is 5.79. The van der Waals surface area contributed by atoms with E-state index in [0.29, 0.717) is 19.4 Å². The maximum Gasteiger partial charge on any atom is 0.224 e. The Balaban J connectivity index is 1.76. The maximum absolute atomic E-state index is 12.1. The Labute approximate surface area is 143 Å². The van der Waals surface area contributed by atoms with E-state index in [1.54, 1.807) is 0 Å². The molecule has 1 aliphatic rings. The van der Waals surface area contributed by atoms with Crippen molar-refractivity contribution in [3.8, 4) is 0 Å². The van der Waals surface area contributed by atoms with Gasteiger partial charge < -0.3 is 15.1 Å². The zero-order valence-corrected chi connectivity index (χ0v) is 15.2. The fraction of sp³-hybridized carbons (Fsp3) is 0.706. The predicted octanol–water partition coefficient (Wildman–Crippen LogP) is 0.628. The number of nitrogens with one attached hydrogen (secondary N) is 2. The van der Waals surface area contributed by atoms with Gasteiger partial charge in [0, 0.05) is 43.4 Å². The number of rotatable bonds is 8. The van der Waals surface area contributed by atoms with Gasteiger partial charge in [0.05, 0.1) is 12.1 Å². The van der Waals surface area contributed by atoms with Crippen molar-refractivity contribution in [2.24, 2.45) is 0 Å². The van der Waals surface area contributed by atoms with Gasteiger partial charge in [-0.3, -0.25) is 14.7 Å². The van der Waals surface area contributed by atoms with Gasteiger partial charge in [-0.1, -0.05) is 0 Å². The molecule has 2 heterocycles. The third-order valence-electron chi connectivity index (χ3n) is 4.66. The molecule has 1 saturated heterocycles. The van der Waals surface area contributed by atoms with Crippen molar-refractivity contribution >= 4 is 11.8 Å². The molecule has 0 spiro atoms. The predicted molar refractivity (Wildman–Crippen MR) is 92.7 cm³/mol. The average molecular weight is 335 g/mol. The number of hydrogen-bond acceptors (Lipinski definition) is 4. The van der Waals surface area contributed by atoms with Gasteiger partial charge >= 0.3 is 0 Å². The Kier molecular flexibility index (Phi) is 6.36. The summed E-state index contributed by atoms with van der Waals surface area (Å²) in [6.45, 7) is 6.06. The topological polar surface area (TPSA) is 81.3 Å². The lowest BCUT2D eigenvalue weighted by atomic mass is 10.1.